The van der Waals surface area contributed by atoms with Crippen molar-refractivity contribution in [3.63, 3.8) is 0 Å². The molecule has 6 nitrogen and oxygen atoms in total. The average molecular weight is 320 g/mol. The van der Waals surface area contributed by atoms with Crippen LogP contribution in [0.5, 0.6) is 0 Å². The highest BCUT2D eigenvalue weighted by atomic mass is 16.4. The number of hydrogen-bond acceptors (Lipinski definition) is 4. The lowest BCUT2D eigenvalue weighted by atomic mass is 9.72. The number of hydrogen-bond donors (Lipinski definition) is 2. The molecule has 0 aromatic carbocycles. The largest absolute Gasteiger partial charge is 0.481 e. The van der Waals surface area contributed by atoms with E-state index < -0.39 is 17.5 Å². The van der Waals surface area contributed by atoms with E-state index in [1.165, 1.54) is 4.90 Å². The van der Waals surface area contributed by atoms with E-state index in [4.69, 9.17) is 0 Å². The maximum Gasteiger partial charge on any atom is 0.312 e. The van der Waals surface area contributed by atoms with Crippen molar-refractivity contribution in [1.29, 1.82) is 0 Å². The van der Waals surface area contributed by atoms with Crippen LogP contribution in [0.15, 0.2) is 12.1 Å². The van der Waals surface area contributed by atoms with E-state index in [1.54, 1.807) is 12.1 Å². The maximum absolute atomic E-state index is 12.6. The molecule has 1 aromatic heterocycles. The van der Waals surface area contributed by atoms with Crippen LogP contribution in [-0.2, 0) is 4.79 Å². The molecule has 0 unspecified atom stereocenters. The number of aryl methyl sites for hydroxylation is 2. The first kappa shape index (κ1) is 17.4. The highest BCUT2D eigenvalue weighted by Gasteiger charge is 2.48. The van der Waals surface area contributed by atoms with E-state index in [0.717, 1.165) is 11.4 Å². The minimum atomic E-state index is -1.14. The topological polar surface area (TPSA) is 90.7 Å². The molecule has 1 aromatic rings. The molecule has 2 rings (SSSR count). The van der Waals surface area contributed by atoms with Gasteiger partial charge >= 0.3 is 5.97 Å². The van der Waals surface area contributed by atoms with Gasteiger partial charge < -0.3 is 15.1 Å². The summed E-state index contributed by atoms with van der Waals surface area (Å²) in [6.07, 6.45) is 0.312. The molecule has 2 heterocycles. The van der Waals surface area contributed by atoms with Crippen LogP contribution >= 0.6 is 0 Å². The zero-order valence-electron chi connectivity index (χ0n) is 13.9. The van der Waals surface area contributed by atoms with E-state index in [0.29, 0.717) is 24.9 Å². The Morgan fingerprint density at radius 3 is 2.43 bits per heavy atom. The van der Waals surface area contributed by atoms with Crippen molar-refractivity contribution in [2.75, 3.05) is 13.1 Å². The van der Waals surface area contributed by atoms with Crippen LogP contribution in [0.3, 0.4) is 0 Å². The third-order valence-electron chi connectivity index (χ3n) is 4.60. The maximum atomic E-state index is 12.6. The monoisotopic (exact) mass is 320 g/mol. The predicted octanol–water partition coefficient (Wildman–Crippen LogP) is 1.78. The molecule has 0 bridgehead atoms. The van der Waals surface area contributed by atoms with Crippen molar-refractivity contribution in [3.05, 3.63) is 29.1 Å². The quantitative estimate of drug-likeness (QED) is 0.882. The van der Waals surface area contributed by atoms with Crippen molar-refractivity contribution in [1.82, 2.24) is 9.88 Å². The van der Waals surface area contributed by atoms with Crippen LogP contribution < -0.4 is 0 Å². The highest BCUT2D eigenvalue weighted by molar-refractivity contribution is 5.94. The molecule has 1 amide bonds. The Morgan fingerprint density at radius 2 is 1.96 bits per heavy atom. The first-order chi connectivity index (χ1) is 10.8. The summed E-state index contributed by atoms with van der Waals surface area (Å²) in [6, 6.07) is 3.43. The van der Waals surface area contributed by atoms with Crippen LogP contribution in [0.25, 0.3) is 0 Å². The summed E-state index contributed by atoms with van der Waals surface area (Å²) < 4.78 is 0. The van der Waals surface area contributed by atoms with Gasteiger partial charge in [-0.05, 0) is 38.8 Å². The summed E-state index contributed by atoms with van der Waals surface area (Å²) in [6.45, 7) is 5.93. The molecule has 2 atom stereocenters. The van der Waals surface area contributed by atoms with Gasteiger partial charge in [-0.3, -0.25) is 14.6 Å². The summed E-state index contributed by atoms with van der Waals surface area (Å²) in [4.78, 5) is 30.1. The van der Waals surface area contributed by atoms with Gasteiger partial charge in [-0.2, -0.15) is 0 Å². The summed E-state index contributed by atoms with van der Waals surface area (Å²) in [5, 5.41) is 19.9. The summed E-state index contributed by atoms with van der Waals surface area (Å²) in [5.74, 6) is -1.16. The SMILES string of the molecule is CCC[C@]1(C(=O)O)CCN(C(=O)c2cc(C)nc(C)c2)C[C@H]1O. The molecule has 2 N–H and O–H groups in total. The van der Waals surface area contributed by atoms with Gasteiger partial charge in [-0.25, -0.2) is 0 Å². The van der Waals surface area contributed by atoms with Crippen LogP contribution in [0.4, 0.5) is 0 Å². The lowest BCUT2D eigenvalue weighted by Gasteiger charge is -2.42. The molecule has 0 spiro atoms. The number of nitrogens with zero attached hydrogens (tertiary/aromatic N) is 2. The third kappa shape index (κ3) is 3.37. The van der Waals surface area contributed by atoms with Crippen LogP contribution in [0.1, 0.15) is 47.9 Å². The van der Waals surface area contributed by atoms with Crippen LogP contribution in [0.2, 0.25) is 0 Å². The fourth-order valence-corrected chi connectivity index (χ4v) is 3.39. The molecule has 0 aliphatic carbocycles. The summed E-state index contributed by atoms with van der Waals surface area (Å²) in [7, 11) is 0. The number of β-amino-alcohol motifs (C(OH)–C–C–N with tert-alkyl or cyclic N) is 1. The number of amides is 1. The number of carboxylic acids is 1. The van der Waals surface area contributed by atoms with Gasteiger partial charge in [0.1, 0.15) is 0 Å². The molecule has 1 saturated heterocycles. The Balaban J connectivity index is 2.19. The number of rotatable bonds is 4. The second-order valence-electron chi connectivity index (χ2n) is 6.37. The summed E-state index contributed by atoms with van der Waals surface area (Å²) in [5.41, 5.74) is 0.907. The van der Waals surface area contributed by atoms with Gasteiger partial charge in [0.2, 0.25) is 0 Å². The molecule has 0 radical (unpaired) electrons. The number of carboxylic acid groups (broad SMARTS) is 1. The van der Waals surface area contributed by atoms with E-state index in [9.17, 15) is 19.8 Å². The Kier molecular flexibility index (Phi) is 5.04. The van der Waals surface area contributed by atoms with E-state index in [-0.39, 0.29) is 18.9 Å². The van der Waals surface area contributed by atoms with Crippen molar-refractivity contribution in [3.8, 4) is 0 Å². The van der Waals surface area contributed by atoms with Gasteiger partial charge in [0.05, 0.1) is 11.5 Å². The second-order valence-corrected chi connectivity index (χ2v) is 6.37. The number of pyridine rings is 1. The molecular weight excluding hydrogens is 296 g/mol. The minimum absolute atomic E-state index is 0.0472. The van der Waals surface area contributed by atoms with Gasteiger partial charge in [-0.15, -0.1) is 0 Å². The van der Waals surface area contributed by atoms with Crippen molar-refractivity contribution in [2.45, 2.75) is 46.1 Å². The smallest absolute Gasteiger partial charge is 0.312 e. The Morgan fingerprint density at radius 1 is 1.35 bits per heavy atom. The van der Waals surface area contributed by atoms with E-state index >= 15 is 0 Å². The Labute approximate surface area is 136 Å². The second kappa shape index (κ2) is 6.66. The van der Waals surface area contributed by atoms with Crippen LogP contribution in [0, 0.1) is 19.3 Å². The molecule has 23 heavy (non-hydrogen) atoms. The molecule has 6 heteroatoms. The number of aliphatic carboxylic acids is 1. The zero-order chi connectivity index (χ0) is 17.2. The first-order valence-electron chi connectivity index (χ1n) is 7.96. The predicted molar refractivity (Wildman–Crippen MR) is 85.2 cm³/mol. The number of carbonyl (C=O) groups excluding carboxylic acids is 1. The Hall–Kier alpha value is -1.95. The van der Waals surface area contributed by atoms with E-state index in [1.807, 2.05) is 20.8 Å². The molecular formula is C17H24N2O4. The lowest BCUT2D eigenvalue weighted by molar-refractivity contribution is -0.162. The van der Waals surface area contributed by atoms with Crippen molar-refractivity contribution < 1.29 is 19.8 Å². The molecule has 1 aliphatic rings. The normalized spacial score (nSPS) is 24.5. The zero-order valence-corrected chi connectivity index (χ0v) is 13.9. The Bertz CT molecular complexity index is 596. The van der Waals surface area contributed by atoms with Gasteiger partial charge in [-0.1, -0.05) is 13.3 Å². The summed E-state index contributed by atoms with van der Waals surface area (Å²) >= 11 is 0. The number of aromatic nitrogens is 1. The number of piperidine rings is 1. The van der Waals surface area contributed by atoms with Crippen molar-refractivity contribution in [2.24, 2.45) is 5.41 Å². The number of likely N-dealkylation sites (tertiary alicyclic amines) is 1. The number of aliphatic hydroxyl groups excluding tert-OH is 1. The highest BCUT2D eigenvalue weighted by Crippen LogP contribution is 2.37. The molecule has 1 fully saturated rings. The lowest BCUT2D eigenvalue weighted by Crippen LogP contribution is -2.56. The van der Waals surface area contributed by atoms with Gasteiger partial charge in [0.25, 0.3) is 5.91 Å². The molecule has 0 saturated carbocycles. The minimum Gasteiger partial charge on any atom is -0.481 e. The standard InChI is InChI=1S/C17H24N2O4/c1-4-5-17(16(22)23)6-7-19(10-14(17)20)15(21)13-8-11(2)18-12(3)9-13/h8-9,14,20H,4-7,10H2,1-3H3,(H,22,23)/t14-,17+/m1/s1. The molecule has 1 aliphatic heterocycles. The third-order valence-corrected chi connectivity index (χ3v) is 4.60. The van der Waals surface area contributed by atoms with Crippen LogP contribution in [-0.4, -0.2) is 51.2 Å². The molecule has 126 valence electrons. The van der Waals surface area contributed by atoms with Gasteiger partial charge in [0.15, 0.2) is 0 Å². The number of aliphatic hydroxyl groups is 1. The number of carbonyl (C=O) groups is 2. The first-order valence-corrected chi connectivity index (χ1v) is 7.96. The average Bonchev–Trinajstić information content (AvgIpc) is 2.47. The fraction of sp³-hybridized carbons (Fsp3) is 0.588. The van der Waals surface area contributed by atoms with E-state index in [2.05, 4.69) is 4.98 Å². The van der Waals surface area contributed by atoms with Crippen molar-refractivity contribution >= 4 is 11.9 Å². The van der Waals surface area contributed by atoms with Gasteiger partial charge in [0, 0.05) is 30.0 Å². The fourth-order valence-electron chi connectivity index (χ4n) is 3.39.